The largest absolute Gasteiger partial charge is 0.465 e. The highest BCUT2D eigenvalue weighted by Crippen LogP contribution is 2.50. The Hall–Kier alpha value is -1.66. The summed E-state index contributed by atoms with van der Waals surface area (Å²) in [7, 11) is 0. The smallest absolute Gasteiger partial charge is 0.407 e. The molecule has 0 aliphatic carbocycles. The molecular weight excluding hydrogens is 367 g/mol. The lowest BCUT2D eigenvalue weighted by atomic mass is 9.91. The van der Waals surface area contributed by atoms with Gasteiger partial charge in [0.2, 0.25) is 0 Å². The maximum atomic E-state index is 12.1. The lowest BCUT2D eigenvalue weighted by molar-refractivity contribution is -0.141. The van der Waals surface area contributed by atoms with E-state index in [9.17, 15) is 14.7 Å². The van der Waals surface area contributed by atoms with E-state index >= 15 is 0 Å². The summed E-state index contributed by atoms with van der Waals surface area (Å²) in [6.45, 7) is 3.07. The lowest BCUT2D eigenvalue weighted by Crippen LogP contribution is -2.39. The summed E-state index contributed by atoms with van der Waals surface area (Å²) in [6, 6.07) is 3.61. The predicted molar refractivity (Wildman–Crippen MR) is 95.8 cm³/mol. The molecule has 3 rings (SSSR count). The Morgan fingerprint density at radius 3 is 2.68 bits per heavy atom. The summed E-state index contributed by atoms with van der Waals surface area (Å²) in [5.41, 5.74) is 1.80. The molecule has 0 spiro atoms. The second kappa shape index (κ2) is 7.30. The SMILES string of the molecule is CCOC(=O)CN1c2ccc(Cl)c(Cl)c2C2CCN(C(=O)O)CCC21. The molecule has 2 aliphatic rings. The summed E-state index contributed by atoms with van der Waals surface area (Å²) in [4.78, 5) is 26.8. The van der Waals surface area contributed by atoms with Crippen LogP contribution in [0.3, 0.4) is 0 Å². The van der Waals surface area contributed by atoms with Gasteiger partial charge in [-0.25, -0.2) is 4.79 Å². The van der Waals surface area contributed by atoms with Gasteiger partial charge in [-0.15, -0.1) is 0 Å². The van der Waals surface area contributed by atoms with Crippen LogP contribution in [-0.2, 0) is 9.53 Å². The summed E-state index contributed by atoms with van der Waals surface area (Å²) in [5, 5.41) is 10.3. The zero-order valence-corrected chi connectivity index (χ0v) is 15.4. The van der Waals surface area contributed by atoms with Gasteiger partial charge in [0.25, 0.3) is 0 Å². The first kappa shape index (κ1) is 18.1. The number of rotatable bonds is 3. The molecule has 0 saturated carbocycles. The molecule has 0 radical (unpaired) electrons. The van der Waals surface area contributed by atoms with Crippen molar-refractivity contribution >= 4 is 41.0 Å². The van der Waals surface area contributed by atoms with Crippen molar-refractivity contribution in [1.29, 1.82) is 0 Å². The number of anilines is 1. The summed E-state index contributed by atoms with van der Waals surface area (Å²) < 4.78 is 5.10. The molecule has 1 saturated heterocycles. The van der Waals surface area contributed by atoms with Gasteiger partial charge in [-0.1, -0.05) is 23.2 Å². The van der Waals surface area contributed by atoms with Gasteiger partial charge >= 0.3 is 12.1 Å². The molecule has 1 aromatic carbocycles. The van der Waals surface area contributed by atoms with Crippen LogP contribution in [-0.4, -0.2) is 54.4 Å². The van der Waals surface area contributed by atoms with E-state index in [4.69, 9.17) is 27.9 Å². The molecule has 2 atom stereocenters. The molecule has 136 valence electrons. The molecular formula is C17H20Cl2N2O4. The van der Waals surface area contributed by atoms with E-state index in [-0.39, 0.29) is 24.5 Å². The highest BCUT2D eigenvalue weighted by molar-refractivity contribution is 6.42. The van der Waals surface area contributed by atoms with Crippen molar-refractivity contribution in [3.8, 4) is 0 Å². The Labute approximate surface area is 156 Å². The lowest BCUT2D eigenvalue weighted by Gasteiger charge is -2.28. The number of likely N-dealkylation sites (tertiary alicyclic amines) is 1. The highest BCUT2D eigenvalue weighted by atomic mass is 35.5. The number of carboxylic acid groups (broad SMARTS) is 1. The van der Waals surface area contributed by atoms with E-state index in [1.165, 1.54) is 4.90 Å². The second-order valence-corrected chi connectivity index (χ2v) is 7.03. The van der Waals surface area contributed by atoms with Crippen molar-refractivity contribution in [3.63, 3.8) is 0 Å². The molecule has 6 nitrogen and oxygen atoms in total. The first-order chi connectivity index (χ1) is 11.9. The van der Waals surface area contributed by atoms with Crippen molar-refractivity contribution < 1.29 is 19.4 Å². The number of benzene rings is 1. The Morgan fingerprint density at radius 2 is 2.00 bits per heavy atom. The van der Waals surface area contributed by atoms with Crippen LogP contribution >= 0.6 is 23.2 Å². The van der Waals surface area contributed by atoms with Crippen molar-refractivity contribution in [3.05, 3.63) is 27.7 Å². The molecule has 2 unspecified atom stereocenters. The van der Waals surface area contributed by atoms with Crippen molar-refractivity contribution in [1.82, 2.24) is 4.90 Å². The molecule has 1 aromatic rings. The van der Waals surface area contributed by atoms with Gasteiger partial charge in [0.05, 0.1) is 16.7 Å². The molecule has 8 heteroatoms. The predicted octanol–water partition coefficient (Wildman–Crippen LogP) is 3.60. The zero-order valence-electron chi connectivity index (χ0n) is 13.9. The van der Waals surface area contributed by atoms with Gasteiger partial charge in [0.1, 0.15) is 6.54 Å². The van der Waals surface area contributed by atoms with E-state index < -0.39 is 6.09 Å². The third kappa shape index (κ3) is 3.37. The Morgan fingerprint density at radius 1 is 1.28 bits per heavy atom. The molecule has 2 heterocycles. The first-order valence-electron chi connectivity index (χ1n) is 8.32. The normalized spacial score (nSPS) is 22.2. The fraction of sp³-hybridized carbons (Fsp3) is 0.529. The topological polar surface area (TPSA) is 70.1 Å². The minimum absolute atomic E-state index is 0.000257. The van der Waals surface area contributed by atoms with Crippen LogP contribution in [0.1, 0.15) is 31.2 Å². The maximum Gasteiger partial charge on any atom is 0.407 e. The van der Waals surface area contributed by atoms with Crippen LogP contribution < -0.4 is 4.90 Å². The highest BCUT2D eigenvalue weighted by Gasteiger charge is 2.43. The van der Waals surface area contributed by atoms with Crippen molar-refractivity contribution in [2.75, 3.05) is 31.1 Å². The van der Waals surface area contributed by atoms with E-state index in [0.29, 0.717) is 42.6 Å². The van der Waals surface area contributed by atoms with Crippen LogP contribution in [0.4, 0.5) is 10.5 Å². The van der Waals surface area contributed by atoms with Crippen LogP contribution in [0.5, 0.6) is 0 Å². The molecule has 1 fully saturated rings. The van der Waals surface area contributed by atoms with Gasteiger partial charge in [0, 0.05) is 36.3 Å². The minimum atomic E-state index is -0.922. The van der Waals surface area contributed by atoms with Crippen LogP contribution in [0, 0.1) is 0 Å². The van der Waals surface area contributed by atoms with E-state index in [2.05, 4.69) is 0 Å². The number of amides is 1. The summed E-state index contributed by atoms with van der Waals surface area (Å²) in [5.74, 6) is -0.264. The van der Waals surface area contributed by atoms with E-state index in [0.717, 1.165) is 11.3 Å². The number of nitrogens with zero attached hydrogens (tertiary/aromatic N) is 2. The molecule has 1 N–H and O–H groups in total. The summed E-state index contributed by atoms with van der Waals surface area (Å²) >= 11 is 12.7. The van der Waals surface area contributed by atoms with E-state index in [1.807, 2.05) is 11.0 Å². The standard InChI is InChI=1S/C17H20Cl2N2O4/c1-2-25-14(22)9-21-12-6-8-20(17(23)24)7-5-10(12)15-13(21)4-3-11(18)16(15)19/h3-4,10,12H,2,5-9H2,1H3,(H,23,24). The van der Waals surface area contributed by atoms with E-state index in [1.54, 1.807) is 13.0 Å². The maximum absolute atomic E-state index is 12.1. The number of ether oxygens (including phenoxy) is 1. The van der Waals surface area contributed by atoms with Crippen LogP contribution in [0.15, 0.2) is 12.1 Å². The average Bonchev–Trinajstić information content (AvgIpc) is 2.71. The van der Waals surface area contributed by atoms with Gasteiger partial charge in [-0.2, -0.15) is 0 Å². The average molecular weight is 387 g/mol. The first-order valence-corrected chi connectivity index (χ1v) is 9.07. The molecule has 0 aromatic heterocycles. The zero-order chi connectivity index (χ0) is 18.1. The Kier molecular flexibility index (Phi) is 5.29. The number of fused-ring (bicyclic) bond motifs is 3. The fourth-order valence-corrected chi connectivity index (χ4v) is 4.34. The Bertz CT molecular complexity index is 697. The Balaban J connectivity index is 1.96. The fourth-order valence-electron chi connectivity index (χ4n) is 3.88. The third-order valence-electron chi connectivity index (χ3n) is 4.93. The number of carbonyl (C=O) groups is 2. The number of esters is 1. The molecule has 0 bridgehead atoms. The van der Waals surface area contributed by atoms with Crippen LogP contribution in [0.25, 0.3) is 0 Å². The van der Waals surface area contributed by atoms with Gasteiger partial charge in [-0.05, 0) is 31.9 Å². The molecule has 1 amide bonds. The van der Waals surface area contributed by atoms with Gasteiger partial charge in [-0.3, -0.25) is 4.79 Å². The molecule has 25 heavy (non-hydrogen) atoms. The number of hydrogen-bond acceptors (Lipinski definition) is 4. The van der Waals surface area contributed by atoms with Crippen molar-refractivity contribution in [2.24, 2.45) is 0 Å². The van der Waals surface area contributed by atoms with Crippen molar-refractivity contribution in [2.45, 2.75) is 31.7 Å². The van der Waals surface area contributed by atoms with Gasteiger partial charge < -0.3 is 19.6 Å². The molecule has 2 aliphatic heterocycles. The third-order valence-corrected chi connectivity index (χ3v) is 5.75. The number of hydrogen-bond donors (Lipinski definition) is 1. The summed E-state index contributed by atoms with van der Waals surface area (Å²) in [6.07, 6.45) is 0.344. The monoisotopic (exact) mass is 386 g/mol. The number of carbonyl (C=O) groups excluding carboxylic acids is 1. The quantitative estimate of drug-likeness (QED) is 0.803. The second-order valence-electron chi connectivity index (χ2n) is 6.25. The number of halogens is 2. The minimum Gasteiger partial charge on any atom is -0.465 e. The van der Waals surface area contributed by atoms with Crippen LogP contribution in [0.2, 0.25) is 10.0 Å². The van der Waals surface area contributed by atoms with Gasteiger partial charge in [0.15, 0.2) is 0 Å².